The van der Waals surface area contributed by atoms with Crippen LogP contribution < -0.4 is 0 Å². The van der Waals surface area contributed by atoms with Gasteiger partial charge in [0.25, 0.3) is 10.0 Å². The topological polar surface area (TPSA) is 72.9 Å². The summed E-state index contributed by atoms with van der Waals surface area (Å²) in [5, 5.41) is 0. The number of amides is 1. The molecule has 2 atom stereocenters. The van der Waals surface area contributed by atoms with Gasteiger partial charge in [-0.3, -0.25) is 0 Å². The summed E-state index contributed by atoms with van der Waals surface area (Å²) in [6, 6.07) is 5.60. The Morgan fingerprint density at radius 2 is 2.00 bits per heavy atom. The number of ether oxygens (including phenoxy) is 2. The SMILES string of the molecule is C/C=C/[C@H](OC)[C@H]1COC(=O)N1S(=O)(=O)c1ccc(C)cc1. The van der Waals surface area contributed by atoms with Crippen molar-refractivity contribution < 1.29 is 22.7 Å². The Hall–Kier alpha value is -1.86. The average Bonchev–Trinajstić information content (AvgIpc) is 2.87. The molecule has 0 saturated carbocycles. The maximum atomic E-state index is 12.7. The predicted octanol–water partition coefficient (Wildman–Crippen LogP) is 2.10. The summed E-state index contributed by atoms with van der Waals surface area (Å²) >= 11 is 0. The number of benzene rings is 1. The van der Waals surface area contributed by atoms with E-state index in [4.69, 9.17) is 9.47 Å². The fourth-order valence-corrected chi connectivity index (χ4v) is 3.80. The third-order valence-corrected chi connectivity index (χ3v) is 5.28. The van der Waals surface area contributed by atoms with E-state index >= 15 is 0 Å². The number of nitrogens with zero attached hydrogens (tertiary/aromatic N) is 1. The van der Waals surface area contributed by atoms with Crippen molar-refractivity contribution in [2.45, 2.75) is 30.9 Å². The number of hydrogen-bond acceptors (Lipinski definition) is 5. The minimum atomic E-state index is -3.98. The van der Waals surface area contributed by atoms with Crippen LogP contribution in [0.25, 0.3) is 0 Å². The van der Waals surface area contributed by atoms with Crippen LogP contribution in [0.15, 0.2) is 41.3 Å². The van der Waals surface area contributed by atoms with Gasteiger partial charge in [0.05, 0.1) is 4.90 Å². The van der Waals surface area contributed by atoms with Crippen LogP contribution >= 0.6 is 0 Å². The molecule has 120 valence electrons. The van der Waals surface area contributed by atoms with Crippen LogP contribution in [0.3, 0.4) is 0 Å². The number of aryl methyl sites for hydroxylation is 1. The van der Waals surface area contributed by atoms with Gasteiger partial charge in [-0.1, -0.05) is 29.8 Å². The van der Waals surface area contributed by atoms with Crippen molar-refractivity contribution in [3.63, 3.8) is 0 Å². The van der Waals surface area contributed by atoms with Crippen molar-refractivity contribution in [2.24, 2.45) is 0 Å². The van der Waals surface area contributed by atoms with Crippen LogP contribution in [0, 0.1) is 6.92 Å². The van der Waals surface area contributed by atoms with Gasteiger partial charge in [0.1, 0.15) is 18.8 Å². The van der Waals surface area contributed by atoms with E-state index in [9.17, 15) is 13.2 Å². The fraction of sp³-hybridized carbons (Fsp3) is 0.400. The van der Waals surface area contributed by atoms with Crippen LogP contribution in [0.5, 0.6) is 0 Å². The maximum Gasteiger partial charge on any atom is 0.424 e. The number of sulfonamides is 1. The van der Waals surface area contributed by atoms with Gasteiger partial charge >= 0.3 is 6.09 Å². The Balaban J connectivity index is 2.42. The molecule has 0 unspecified atom stereocenters. The standard InChI is InChI=1S/C15H19NO5S/c1-4-5-14(20-3)13-10-21-15(17)16(13)22(18,19)12-8-6-11(2)7-9-12/h4-9,13-14H,10H2,1-3H3/b5-4+/t13-,14+/m1/s1. The largest absolute Gasteiger partial charge is 0.446 e. The molecule has 1 aromatic rings. The molecule has 0 aliphatic carbocycles. The second-order valence-corrected chi connectivity index (χ2v) is 6.80. The number of carbonyl (C=O) groups is 1. The monoisotopic (exact) mass is 325 g/mol. The molecule has 1 amide bonds. The lowest BCUT2D eigenvalue weighted by Gasteiger charge is -2.25. The van der Waals surface area contributed by atoms with E-state index in [1.165, 1.54) is 19.2 Å². The van der Waals surface area contributed by atoms with E-state index in [1.54, 1.807) is 31.2 Å². The molecule has 0 bridgehead atoms. The van der Waals surface area contributed by atoms with Gasteiger partial charge in [-0.15, -0.1) is 0 Å². The normalized spacial score (nSPS) is 20.4. The zero-order chi connectivity index (χ0) is 16.3. The second kappa shape index (κ2) is 6.50. The minimum Gasteiger partial charge on any atom is -0.446 e. The summed E-state index contributed by atoms with van der Waals surface area (Å²) < 4.78 is 36.5. The van der Waals surface area contributed by atoms with Crippen molar-refractivity contribution >= 4 is 16.1 Å². The van der Waals surface area contributed by atoms with Gasteiger partial charge in [0.15, 0.2) is 0 Å². The molecular weight excluding hydrogens is 306 g/mol. The number of carbonyl (C=O) groups excluding carboxylic acids is 1. The molecule has 0 aromatic heterocycles. The highest BCUT2D eigenvalue weighted by Gasteiger charge is 2.45. The molecule has 6 nitrogen and oxygen atoms in total. The van der Waals surface area contributed by atoms with Gasteiger partial charge in [0, 0.05) is 7.11 Å². The van der Waals surface area contributed by atoms with Gasteiger partial charge in [0.2, 0.25) is 0 Å². The molecule has 1 saturated heterocycles. The van der Waals surface area contributed by atoms with E-state index in [-0.39, 0.29) is 11.5 Å². The summed E-state index contributed by atoms with van der Waals surface area (Å²) in [6.07, 6.45) is 2.01. The number of hydrogen-bond donors (Lipinski definition) is 0. The number of methoxy groups -OCH3 is 1. The van der Waals surface area contributed by atoms with E-state index in [1.807, 2.05) is 6.92 Å². The lowest BCUT2D eigenvalue weighted by atomic mass is 10.1. The lowest BCUT2D eigenvalue weighted by molar-refractivity contribution is 0.0915. The molecule has 0 radical (unpaired) electrons. The summed E-state index contributed by atoms with van der Waals surface area (Å²) in [6.45, 7) is 3.62. The van der Waals surface area contributed by atoms with Crippen molar-refractivity contribution in [2.75, 3.05) is 13.7 Å². The zero-order valence-corrected chi connectivity index (χ0v) is 13.5. The molecule has 0 spiro atoms. The third kappa shape index (κ3) is 3.00. The Labute approximate surface area is 130 Å². The van der Waals surface area contributed by atoms with Crippen molar-refractivity contribution in [1.29, 1.82) is 0 Å². The molecule has 1 aliphatic rings. The van der Waals surface area contributed by atoms with Gasteiger partial charge in [-0.25, -0.2) is 13.2 Å². The molecule has 0 N–H and O–H groups in total. The quantitative estimate of drug-likeness (QED) is 0.775. The molecule has 7 heteroatoms. The lowest BCUT2D eigenvalue weighted by Crippen LogP contribution is -2.45. The van der Waals surface area contributed by atoms with E-state index in [2.05, 4.69) is 0 Å². The van der Waals surface area contributed by atoms with Gasteiger partial charge in [-0.05, 0) is 26.0 Å². The molecule has 2 rings (SSSR count). The molecule has 1 fully saturated rings. The Morgan fingerprint density at radius 1 is 1.36 bits per heavy atom. The second-order valence-electron chi connectivity index (χ2n) is 4.98. The Morgan fingerprint density at radius 3 is 2.55 bits per heavy atom. The Bertz CT molecular complexity index is 666. The first-order valence-corrected chi connectivity index (χ1v) is 8.29. The third-order valence-electron chi connectivity index (χ3n) is 3.47. The number of rotatable bonds is 5. The average molecular weight is 325 g/mol. The fourth-order valence-electron chi connectivity index (χ4n) is 2.31. The minimum absolute atomic E-state index is 0.0349. The summed E-state index contributed by atoms with van der Waals surface area (Å²) in [5.41, 5.74) is 0.934. The number of cyclic esters (lactones) is 1. The zero-order valence-electron chi connectivity index (χ0n) is 12.7. The molecule has 1 aliphatic heterocycles. The van der Waals surface area contributed by atoms with Crippen LogP contribution in [0.1, 0.15) is 12.5 Å². The highest BCUT2D eigenvalue weighted by Crippen LogP contribution is 2.27. The molecule has 22 heavy (non-hydrogen) atoms. The highest BCUT2D eigenvalue weighted by atomic mass is 32.2. The van der Waals surface area contributed by atoms with Crippen LogP contribution in [-0.2, 0) is 19.5 Å². The van der Waals surface area contributed by atoms with Crippen molar-refractivity contribution in [3.05, 3.63) is 42.0 Å². The van der Waals surface area contributed by atoms with E-state index < -0.39 is 28.3 Å². The maximum absolute atomic E-state index is 12.7. The van der Waals surface area contributed by atoms with Crippen LogP contribution in [-0.4, -0.2) is 44.7 Å². The molecular formula is C15H19NO5S. The van der Waals surface area contributed by atoms with Crippen molar-refractivity contribution in [3.8, 4) is 0 Å². The van der Waals surface area contributed by atoms with Crippen LogP contribution in [0.2, 0.25) is 0 Å². The Kier molecular flexibility index (Phi) is 4.87. The number of allylic oxidation sites excluding steroid dienone is 1. The first kappa shape index (κ1) is 16.5. The van der Waals surface area contributed by atoms with E-state index in [0.29, 0.717) is 0 Å². The first-order chi connectivity index (χ1) is 10.4. The van der Waals surface area contributed by atoms with Gasteiger partial charge in [-0.2, -0.15) is 4.31 Å². The van der Waals surface area contributed by atoms with Gasteiger partial charge < -0.3 is 9.47 Å². The van der Waals surface area contributed by atoms with E-state index in [0.717, 1.165) is 9.87 Å². The predicted molar refractivity (Wildman–Crippen MR) is 81.0 cm³/mol. The smallest absolute Gasteiger partial charge is 0.424 e. The highest BCUT2D eigenvalue weighted by molar-refractivity contribution is 7.89. The van der Waals surface area contributed by atoms with Crippen molar-refractivity contribution in [1.82, 2.24) is 4.31 Å². The molecule has 1 heterocycles. The first-order valence-electron chi connectivity index (χ1n) is 6.85. The summed E-state index contributed by atoms with van der Waals surface area (Å²) in [7, 11) is -2.52. The van der Waals surface area contributed by atoms with Crippen LogP contribution in [0.4, 0.5) is 4.79 Å². The molecule has 1 aromatic carbocycles. The summed E-state index contributed by atoms with van der Waals surface area (Å²) in [5.74, 6) is 0. The summed E-state index contributed by atoms with van der Waals surface area (Å²) in [4.78, 5) is 12.0.